The minimum atomic E-state index is 0.00921. The number of nitrogens with zero attached hydrogens (tertiary/aromatic N) is 2. The number of hydrogen-bond donors (Lipinski definition) is 1. The Hall–Kier alpha value is -1.88. The molecule has 106 valence electrons. The first kappa shape index (κ1) is 14.5. The van der Waals surface area contributed by atoms with Gasteiger partial charge in [-0.05, 0) is 31.5 Å². The number of aryl methyl sites for hydroxylation is 1. The van der Waals surface area contributed by atoms with E-state index in [2.05, 4.69) is 17.2 Å². The van der Waals surface area contributed by atoms with Crippen molar-refractivity contribution < 1.29 is 4.79 Å². The maximum atomic E-state index is 12.0. The summed E-state index contributed by atoms with van der Waals surface area (Å²) in [7, 11) is 3.51. The molecule has 1 amide bonds. The van der Waals surface area contributed by atoms with Crippen molar-refractivity contribution in [2.24, 2.45) is 0 Å². The highest BCUT2D eigenvalue weighted by atomic mass is 32.1. The number of aromatic nitrogens is 1. The molecule has 1 atom stereocenters. The van der Waals surface area contributed by atoms with Crippen LogP contribution in [0, 0.1) is 6.92 Å². The minimum Gasteiger partial charge on any atom is -0.376 e. The van der Waals surface area contributed by atoms with Gasteiger partial charge in [-0.2, -0.15) is 0 Å². The summed E-state index contributed by atoms with van der Waals surface area (Å²) in [5.41, 5.74) is 2.78. The lowest BCUT2D eigenvalue weighted by atomic mass is 10.1. The topological polar surface area (TPSA) is 45.2 Å². The Morgan fingerprint density at radius 1 is 1.40 bits per heavy atom. The minimum absolute atomic E-state index is 0.00921. The summed E-state index contributed by atoms with van der Waals surface area (Å²) in [5, 5.41) is 6.42. The van der Waals surface area contributed by atoms with Crippen LogP contribution in [0.4, 0.5) is 5.69 Å². The van der Waals surface area contributed by atoms with Crippen molar-refractivity contribution >= 4 is 22.9 Å². The van der Waals surface area contributed by atoms with Crippen LogP contribution >= 0.6 is 11.3 Å². The molecule has 0 aliphatic rings. The molecule has 2 rings (SSSR count). The summed E-state index contributed by atoms with van der Waals surface area (Å²) in [6.07, 6.45) is 1.80. The van der Waals surface area contributed by atoms with Crippen molar-refractivity contribution in [3.63, 3.8) is 0 Å². The predicted molar refractivity (Wildman–Crippen MR) is 83.3 cm³/mol. The van der Waals surface area contributed by atoms with Gasteiger partial charge in [-0.3, -0.25) is 4.79 Å². The van der Waals surface area contributed by atoms with E-state index < -0.39 is 0 Å². The molecule has 1 aromatic heterocycles. The summed E-state index contributed by atoms with van der Waals surface area (Å²) in [6, 6.07) is 5.85. The molecule has 0 radical (unpaired) electrons. The molecule has 1 N–H and O–H groups in total. The molecule has 0 aliphatic carbocycles. The fourth-order valence-corrected chi connectivity index (χ4v) is 2.56. The third kappa shape index (κ3) is 3.17. The van der Waals surface area contributed by atoms with E-state index in [1.165, 1.54) is 0 Å². The normalized spacial score (nSPS) is 12.0. The van der Waals surface area contributed by atoms with Crippen LogP contribution in [-0.4, -0.2) is 29.9 Å². The Bertz CT molecular complexity index is 593. The quantitative estimate of drug-likeness (QED) is 0.939. The van der Waals surface area contributed by atoms with Crippen molar-refractivity contribution in [1.82, 2.24) is 9.88 Å². The van der Waals surface area contributed by atoms with Crippen molar-refractivity contribution in [2.75, 3.05) is 19.4 Å². The van der Waals surface area contributed by atoms with Gasteiger partial charge in [0, 0.05) is 36.9 Å². The Labute approximate surface area is 123 Å². The molecule has 4 nitrogen and oxygen atoms in total. The van der Waals surface area contributed by atoms with Gasteiger partial charge in [0.25, 0.3) is 5.91 Å². The van der Waals surface area contributed by atoms with E-state index in [0.717, 1.165) is 16.3 Å². The van der Waals surface area contributed by atoms with Gasteiger partial charge >= 0.3 is 0 Å². The molecule has 0 bridgehead atoms. The van der Waals surface area contributed by atoms with E-state index in [9.17, 15) is 4.79 Å². The average Bonchev–Trinajstić information content (AvgIpc) is 2.94. The van der Waals surface area contributed by atoms with E-state index >= 15 is 0 Å². The Morgan fingerprint density at radius 3 is 2.75 bits per heavy atom. The van der Waals surface area contributed by atoms with Gasteiger partial charge in [0.15, 0.2) is 0 Å². The van der Waals surface area contributed by atoms with Crippen LogP contribution in [0.5, 0.6) is 0 Å². The summed E-state index contributed by atoms with van der Waals surface area (Å²) in [4.78, 5) is 17.9. The molecule has 1 aromatic carbocycles. The fraction of sp³-hybridized carbons (Fsp3) is 0.333. The lowest BCUT2D eigenvalue weighted by Crippen LogP contribution is -2.21. The summed E-state index contributed by atoms with van der Waals surface area (Å²) in [6.45, 7) is 4.10. The molecule has 20 heavy (non-hydrogen) atoms. The van der Waals surface area contributed by atoms with Crippen LogP contribution in [0.1, 0.15) is 33.9 Å². The molecule has 5 heteroatoms. The van der Waals surface area contributed by atoms with Gasteiger partial charge in [-0.25, -0.2) is 4.98 Å². The van der Waals surface area contributed by atoms with Gasteiger partial charge in [-0.1, -0.05) is 6.07 Å². The number of carbonyl (C=O) groups excluding carboxylic acids is 1. The van der Waals surface area contributed by atoms with Gasteiger partial charge in [0.2, 0.25) is 0 Å². The Kier molecular flexibility index (Phi) is 4.39. The molecule has 1 unspecified atom stereocenters. The SMILES string of the molecule is Cc1ccc(C(=O)N(C)C)cc1NC(C)c1nccs1. The van der Waals surface area contributed by atoms with Crippen molar-refractivity contribution in [3.05, 3.63) is 45.9 Å². The number of anilines is 1. The highest BCUT2D eigenvalue weighted by Gasteiger charge is 2.13. The molecule has 0 aliphatic heterocycles. The largest absolute Gasteiger partial charge is 0.376 e. The first-order valence-corrected chi connectivity index (χ1v) is 7.35. The van der Waals surface area contributed by atoms with Crippen molar-refractivity contribution in [3.8, 4) is 0 Å². The lowest BCUT2D eigenvalue weighted by molar-refractivity contribution is 0.0827. The zero-order valence-corrected chi connectivity index (χ0v) is 13.0. The number of amides is 1. The van der Waals surface area contributed by atoms with Crippen molar-refractivity contribution in [1.29, 1.82) is 0 Å². The summed E-state index contributed by atoms with van der Waals surface area (Å²) in [5.74, 6) is 0.00921. The summed E-state index contributed by atoms with van der Waals surface area (Å²) >= 11 is 1.62. The zero-order valence-electron chi connectivity index (χ0n) is 12.2. The third-order valence-corrected chi connectivity index (χ3v) is 4.04. The number of carbonyl (C=O) groups is 1. The fourth-order valence-electron chi connectivity index (χ4n) is 1.91. The van der Waals surface area contributed by atoms with E-state index in [4.69, 9.17) is 0 Å². The standard InChI is InChI=1S/C15H19N3OS/c1-10-5-6-12(15(19)18(3)4)9-13(10)17-11(2)14-16-7-8-20-14/h5-9,11,17H,1-4H3. The maximum absolute atomic E-state index is 12.0. The molecule has 2 aromatic rings. The van der Waals surface area contributed by atoms with Gasteiger partial charge in [-0.15, -0.1) is 11.3 Å². The average molecular weight is 289 g/mol. The molecule has 1 heterocycles. The maximum Gasteiger partial charge on any atom is 0.253 e. The Balaban J connectivity index is 2.23. The van der Waals surface area contributed by atoms with Crippen LogP contribution in [0.15, 0.2) is 29.8 Å². The predicted octanol–water partition coefficient (Wildman–Crippen LogP) is 3.33. The Morgan fingerprint density at radius 2 is 2.15 bits per heavy atom. The van der Waals surface area contributed by atoms with Crippen LogP contribution in [0.25, 0.3) is 0 Å². The number of hydrogen-bond acceptors (Lipinski definition) is 4. The van der Waals surface area contributed by atoms with Crippen molar-refractivity contribution in [2.45, 2.75) is 19.9 Å². The van der Waals surface area contributed by atoms with Crippen LogP contribution in [-0.2, 0) is 0 Å². The second kappa shape index (κ2) is 6.05. The molecule has 0 saturated carbocycles. The number of thiazole rings is 1. The van der Waals surface area contributed by atoms with E-state index in [0.29, 0.717) is 5.56 Å². The lowest BCUT2D eigenvalue weighted by Gasteiger charge is -2.17. The van der Waals surface area contributed by atoms with Gasteiger partial charge in [0.05, 0.1) is 6.04 Å². The first-order valence-electron chi connectivity index (χ1n) is 6.47. The van der Waals surface area contributed by atoms with Gasteiger partial charge < -0.3 is 10.2 Å². The molecule has 0 fully saturated rings. The number of nitrogens with one attached hydrogen (secondary N) is 1. The number of benzene rings is 1. The second-order valence-electron chi connectivity index (χ2n) is 4.97. The third-order valence-electron chi connectivity index (χ3n) is 3.08. The van der Waals surface area contributed by atoms with Crippen LogP contribution in [0.3, 0.4) is 0 Å². The van der Waals surface area contributed by atoms with E-state index in [-0.39, 0.29) is 11.9 Å². The highest BCUT2D eigenvalue weighted by Crippen LogP contribution is 2.24. The summed E-state index contributed by atoms with van der Waals surface area (Å²) < 4.78 is 0. The molecular weight excluding hydrogens is 270 g/mol. The van der Waals surface area contributed by atoms with Crippen LogP contribution < -0.4 is 5.32 Å². The monoisotopic (exact) mass is 289 g/mol. The molecular formula is C15H19N3OS. The van der Waals surface area contributed by atoms with Crippen LogP contribution in [0.2, 0.25) is 0 Å². The first-order chi connectivity index (χ1) is 9.49. The number of rotatable bonds is 4. The smallest absolute Gasteiger partial charge is 0.253 e. The molecule has 0 saturated heterocycles. The molecule has 0 spiro atoms. The van der Waals surface area contributed by atoms with E-state index in [1.807, 2.05) is 30.5 Å². The van der Waals surface area contributed by atoms with Gasteiger partial charge in [0.1, 0.15) is 5.01 Å². The van der Waals surface area contributed by atoms with E-state index in [1.54, 1.807) is 36.5 Å². The second-order valence-corrected chi connectivity index (χ2v) is 5.89. The highest BCUT2D eigenvalue weighted by molar-refractivity contribution is 7.09. The zero-order chi connectivity index (χ0) is 14.7.